The van der Waals surface area contributed by atoms with Gasteiger partial charge in [0.15, 0.2) is 0 Å². The molecule has 1 atom stereocenters. The van der Waals surface area contributed by atoms with Crippen LogP contribution in [0.15, 0.2) is 29.0 Å². The number of carbonyl (C=O) groups excluding carboxylic acids is 1. The predicted molar refractivity (Wildman–Crippen MR) is 87.7 cm³/mol. The first kappa shape index (κ1) is 15.8. The largest absolute Gasteiger partial charge is 0.384 e. The summed E-state index contributed by atoms with van der Waals surface area (Å²) in [6.07, 6.45) is 1.92. The third kappa shape index (κ3) is 4.18. The Labute approximate surface area is 132 Å². The quantitative estimate of drug-likeness (QED) is 0.830. The number of aliphatic hydroxyl groups excluding tert-OH is 1. The van der Waals surface area contributed by atoms with Gasteiger partial charge in [-0.3, -0.25) is 4.79 Å². The van der Waals surface area contributed by atoms with Crippen molar-refractivity contribution in [1.29, 1.82) is 0 Å². The summed E-state index contributed by atoms with van der Waals surface area (Å²) in [6, 6.07) is 5.90. The molecule has 0 fully saturated rings. The summed E-state index contributed by atoms with van der Waals surface area (Å²) in [5, 5.41) is 15.7. The topological polar surface area (TPSA) is 49.3 Å². The van der Waals surface area contributed by atoms with Crippen LogP contribution in [-0.2, 0) is 0 Å². The zero-order valence-electron chi connectivity index (χ0n) is 11.8. The van der Waals surface area contributed by atoms with Gasteiger partial charge in [-0.25, -0.2) is 0 Å². The average molecular weight is 319 g/mol. The molecule has 2 aromatic heterocycles. The molecule has 0 aliphatic rings. The molecule has 0 spiro atoms. The molecule has 0 aliphatic heterocycles. The number of rotatable bonds is 5. The van der Waals surface area contributed by atoms with Gasteiger partial charge in [0, 0.05) is 10.4 Å². The van der Waals surface area contributed by atoms with E-state index in [1.54, 1.807) is 11.3 Å². The number of aliphatic hydroxyl groups is 1. The van der Waals surface area contributed by atoms with Gasteiger partial charge in [0.25, 0.3) is 5.91 Å². The lowest BCUT2D eigenvalue weighted by atomic mass is 10.1. The lowest BCUT2D eigenvalue weighted by molar-refractivity contribution is 0.0939. The molecule has 2 N–H and O–H groups in total. The summed E-state index contributed by atoms with van der Waals surface area (Å²) in [4.78, 5) is 14.2. The summed E-state index contributed by atoms with van der Waals surface area (Å²) in [6.45, 7) is 1.90. The fraction of sp³-hybridized carbons (Fsp3) is 0.312. The van der Waals surface area contributed by atoms with Crippen molar-refractivity contribution in [3.63, 3.8) is 0 Å². The summed E-state index contributed by atoms with van der Waals surface area (Å²) < 4.78 is 0. The molecule has 1 unspecified atom stereocenters. The van der Waals surface area contributed by atoms with E-state index < -0.39 is 0 Å². The highest BCUT2D eigenvalue weighted by Gasteiger charge is 2.18. The van der Waals surface area contributed by atoms with E-state index in [0.717, 1.165) is 12.8 Å². The second-order valence-corrected chi connectivity index (χ2v) is 6.35. The van der Waals surface area contributed by atoms with Crippen molar-refractivity contribution in [2.45, 2.75) is 25.8 Å². The van der Waals surface area contributed by atoms with Crippen LogP contribution in [0, 0.1) is 11.8 Å². The second kappa shape index (κ2) is 7.99. The highest BCUT2D eigenvalue weighted by molar-refractivity contribution is 7.12. The predicted octanol–water partition coefficient (Wildman–Crippen LogP) is 3.42. The van der Waals surface area contributed by atoms with Crippen molar-refractivity contribution in [1.82, 2.24) is 5.32 Å². The average Bonchev–Trinajstić information content (AvgIpc) is 3.15. The molecule has 0 aliphatic carbocycles. The molecule has 2 rings (SSSR count). The zero-order chi connectivity index (χ0) is 15.1. The van der Waals surface area contributed by atoms with Crippen LogP contribution in [0.1, 0.15) is 45.9 Å². The highest BCUT2D eigenvalue weighted by Crippen LogP contribution is 2.25. The Morgan fingerprint density at radius 3 is 2.90 bits per heavy atom. The zero-order valence-corrected chi connectivity index (χ0v) is 13.4. The molecule has 0 bridgehead atoms. The molecule has 2 heterocycles. The Balaban J connectivity index is 2.14. The second-order valence-electron chi connectivity index (χ2n) is 4.45. The molecule has 3 nitrogen and oxygen atoms in total. The fourth-order valence-electron chi connectivity index (χ4n) is 2.01. The third-order valence-corrected chi connectivity index (χ3v) is 4.84. The molecule has 0 saturated heterocycles. The van der Waals surface area contributed by atoms with Crippen molar-refractivity contribution >= 4 is 28.6 Å². The Bertz CT molecular complexity index is 635. The smallest absolute Gasteiger partial charge is 0.263 e. The number of hydrogen-bond acceptors (Lipinski definition) is 4. The summed E-state index contributed by atoms with van der Waals surface area (Å²) >= 11 is 3.03. The van der Waals surface area contributed by atoms with E-state index in [2.05, 4.69) is 24.1 Å². The maximum Gasteiger partial charge on any atom is 0.263 e. The van der Waals surface area contributed by atoms with Crippen molar-refractivity contribution in [3.8, 4) is 11.8 Å². The number of thiophene rings is 2. The Morgan fingerprint density at radius 1 is 1.38 bits per heavy atom. The number of carbonyl (C=O) groups is 1. The van der Waals surface area contributed by atoms with Crippen LogP contribution in [-0.4, -0.2) is 17.6 Å². The van der Waals surface area contributed by atoms with Gasteiger partial charge in [0.05, 0.1) is 6.04 Å². The van der Waals surface area contributed by atoms with Gasteiger partial charge >= 0.3 is 0 Å². The van der Waals surface area contributed by atoms with E-state index in [0.29, 0.717) is 10.4 Å². The maximum absolute atomic E-state index is 12.4. The van der Waals surface area contributed by atoms with Crippen molar-refractivity contribution in [3.05, 3.63) is 44.3 Å². The van der Waals surface area contributed by atoms with Gasteiger partial charge in [0.1, 0.15) is 11.5 Å². The SMILES string of the molecule is CCCC(NC(=O)c1sccc1C#CCO)c1cccs1. The number of amides is 1. The standard InChI is InChI=1S/C16H17NO2S2/c1-2-5-13(14-7-4-10-20-14)17-16(19)15-12(6-3-9-18)8-11-21-15/h4,7-8,10-11,13,18H,2,5,9H2,1H3,(H,17,19). The number of hydrogen-bond donors (Lipinski definition) is 2. The minimum atomic E-state index is -0.204. The van der Waals surface area contributed by atoms with E-state index in [4.69, 9.17) is 5.11 Å². The van der Waals surface area contributed by atoms with Crippen LogP contribution in [0.2, 0.25) is 0 Å². The van der Waals surface area contributed by atoms with E-state index in [1.807, 2.05) is 29.0 Å². The van der Waals surface area contributed by atoms with Crippen LogP contribution in [0.3, 0.4) is 0 Å². The van der Waals surface area contributed by atoms with Crippen LogP contribution in [0.25, 0.3) is 0 Å². The van der Waals surface area contributed by atoms with Gasteiger partial charge in [-0.05, 0) is 29.3 Å². The molecule has 0 radical (unpaired) electrons. The van der Waals surface area contributed by atoms with Gasteiger partial charge < -0.3 is 10.4 Å². The lowest BCUT2D eigenvalue weighted by Crippen LogP contribution is -2.27. The molecule has 0 saturated carbocycles. The van der Waals surface area contributed by atoms with E-state index in [-0.39, 0.29) is 18.6 Å². The first-order valence-electron chi connectivity index (χ1n) is 6.77. The molecule has 1 amide bonds. The highest BCUT2D eigenvalue weighted by atomic mass is 32.1. The molecular weight excluding hydrogens is 302 g/mol. The normalized spacial score (nSPS) is 11.5. The van der Waals surface area contributed by atoms with Crippen LogP contribution in [0.5, 0.6) is 0 Å². The van der Waals surface area contributed by atoms with Crippen LogP contribution in [0.4, 0.5) is 0 Å². The Hall–Kier alpha value is -1.61. The van der Waals surface area contributed by atoms with E-state index in [9.17, 15) is 4.79 Å². The third-order valence-electron chi connectivity index (χ3n) is 2.94. The first-order chi connectivity index (χ1) is 10.3. The molecule has 0 aromatic carbocycles. The van der Waals surface area contributed by atoms with Gasteiger partial charge in [-0.2, -0.15) is 0 Å². The fourth-order valence-corrected chi connectivity index (χ4v) is 3.57. The van der Waals surface area contributed by atoms with Gasteiger partial charge in [0.2, 0.25) is 0 Å². The Morgan fingerprint density at radius 2 is 2.24 bits per heavy atom. The van der Waals surface area contributed by atoms with Crippen LogP contribution >= 0.6 is 22.7 Å². The summed E-state index contributed by atoms with van der Waals surface area (Å²) in [5.41, 5.74) is 0.674. The molecule has 21 heavy (non-hydrogen) atoms. The van der Waals surface area contributed by atoms with Crippen LogP contribution < -0.4 is 5.32 Å². The summed E-state index contributed by atoms with van der Waals surface area (Å²) in [7, 11) is 0. The molecule has 2 aromatic rings. The molecular formula is C16H17NO2S2. The Kier molecular flexibility index (Phi) is 6.00. The van der Waals surface area contributed by atoms with Crippen molar-refractivity contribution in [2.24, 2.45) is 0 Å². The molecule has 110 valence electrons. The maximum atomic E-state index is 12.4. The van der Waals surface area contributed by atoms with Crippen molar-refractivity contribution in [2.75, 3.05) is 6.61 Å². The van der Waals surface area contributed by atoms with Gasteiger partial charge in [-0.15, -0.1) is 22.7 Å². The first-order valence-corrected chi connectivity index (χ1v) is 8.53. The minimum absolute atomic E-state index is 0.0447. The van der Waals surface area contributed by atoms with Gasteiger partial charge in [-0.1, -0.05) is 31.3 Å². The monoisotopic (exact) mass is 319 g/mol. The van der Waals surface area contributed by atoms with E-state index >= 15 is 0 Å². The summed E-state index contributed by atoms with van der Waals surface area (Å²) in [5.74, 6) is 5.30. The molecule has 5 heteroatoms. The number of nitrogens with one attached hydrogen (secondary N) is 1. The minimum Gasteiger partial charge on any atom is -0.384 e. The van der Waals surface area contributed by atoms with E-state index in [1.165, 1.54) is 16.2 Å². The lowest BCUT2D eigenvalue weighted by Gasteiger charge is -2.16. The van der Waals surface area contributed by atoms with Crippen molar-refractivity contribution < 1.29 is 9.90 Å².